The molecule has 0 saturated carbocycles. The summed E-state index contributed by atoms with van der Waals surface area (Å²) in [6.07, 6.45) is 1.48. The predicted molar refractivity (Wildman–Crippen MR) is 84.4 cm³/mol. The first-order chi connectivity index (χ1) is 10.7. The van der Waals surface area contributed by atoms with E-state index in [-0.39, 0.29) is 5.78 Å². The van der Waals surface area contributed by atoms with E-state index in [4.69, 9.17) is 10.5 Å². The van der Waals surface area contributed by atoms with Crippen LogP contribution in [0.25, 0.3) is 5.69 Å². The summed E-state index contributed by atoms with van der Waals surface area (Å²) in [5.41, 5.74) is 7.76. The molecule has 3 aromatic rings. The molecule has 0 amide bonds. The molecule has 5 heteroatoms. The number of carbonyl (C=O) groups excluding carboxylic acids is 1. The van der Waals surface area contributed by atoms with Crippen LogP contribution in [0.1, 0.15) is 15.9 Å². The van der Waals surface area contributed by atoms with E-state index in [1.807, 2.05) is 42.5 Å². The van der Waals surface area contributed by atoms with Crippen LogP contribution in [-0.4, -0.2) is 22.7 Å². The molecule has 0 bridgehead atoms. The molecular formula is C17H15N3O2. The molecule has 0 fully saturated rings. The van der Waals surface area contributed by atoms with Crippen molar-refractivity contribution in [1.29, 1.82) is 0 Å². The number of nitrogens with two attached hydrogens (primary N) is 1. The molecule has 22 heavy (non-hydrogen) atoms. The van der Waals surface area contributed by atoms with Gasteiger partial charge in [-0.05, 0) is 12.1 Å². The topological polar surface area (TPSA) is 70.1 Å². The van der Waals surface area contributed by atoms with Gasteiger partial charge in [-0.25, -0.2) is 4.68 Å². The van der Waals surface area contributed by atoms with E-state index in [0.29, 0.717) is 28.4 Å². The van der Waals surface area contributed by atoms with Gasteiger partial charge in [0, 0.05) is 5.56 Å². The minimum absolute atomic E-state index is 0.153. The van der Waals surface area contributed by atoms with Gasteiger partial charge >= 0.3 is 0 Å². The summed E-state index contributed by atoms with van der Waals surface area (Å²) in [5, 5.41) is 4.23. The first-order valence-corrected chi connectivity index (χ1v) is 6.79. The highest BCUT2D eigenvalue weighted by molar-refractivity contribution is 6.11. The van der Waals surface area contributed by atoms with Gasteiger partial charge in [0.15, 0.2) is 5.78 Å². The molecule has 2 aromatic carbocycles. The van der Waals surface area contributed by atoms with Gasteiger partial charge in [-0.15, -0.1) is 0 Å². The Morgan fingerprint density at radius 2 is 1.77 bits per heavy atom. The number of hydrogen-bond acceptors (Lipinski definition) is 4. The first-order valence-electron chi connectivity index (χ1n) is 6.79. The van der Waals surface area contributed by atoms with Gasteiger partial charge in [-0.3, -0.25) is 4.79 Å². The van der Waals surface area contributed by atoms with Gasteiger partial charge in [0.1, 0.15) is 17.3 Å². The third kappa shape index (κ3) is 2.33. The molecule has 3 rings (SSSR count). The van der Waals surface area contributed by atoms with E-state index in [0.717, 1.165) is 0 Å². The lowest BCUT2D eigenvalue weighted by Gasteiger charge is -2.09. The van der Waals surface area contributed by atoms with Crippen LogP contribution < -0.4 is 10.5 Å². The zero-order valence-corrected chi connectivity index (χ0v) is 12.1. The van der Waals surface area contributed by atoms with Crippen molar-refractivity contribution in [2.75, 3.05) is 12.8 Å². The third-order valence-corrected chi connectivity index (χ3v) is 3.40. The number of carbonyl (C=O) groups is 1. The summed E-state index contributed by atoms with van der Waals surface area (Å²) in [7, 11) is 1.58. The normalized spacial score (nSPS) is 10.4. The Bertz CT molecular complexity index is 810. The van der Waals surface area contributed by atoms with Crippen LogP contribution in [0.4, 0.5) is 5.82 Å². The summed E-state index contributed by atoms with van der Waals surface area (Å²) in [6.45, 7) is 0. The van der Waals surface area contributed by atoms with Crippen LogP contribution >= 0.6 is 0 Å². The smallest absolute Gasteiger partial charge is 0.198 e. The van der Waals surface area contributed by atoms with E-state index in [1.54, 1.807) is 19.2 Å². The molecule has 0 atom stereocenters. The Hall–Kier alpha value is -3.08. The van der Waals surface area contributed by atoms with Gasteiger partial charge < -0.3 is 10.5 Å². The van der Waals surface area contributed by atoms with Crippen molar-refractivity contribution < 1.29 is 9.53 Å². The highest BCUT2D eigenvalue weighted by Gasteiger charge is 2.18. The van der Waals surface area contributed by atoms with Crippen molar-refractivity contribution in [1.82, 2.24) is 9.78 Å². The number of aromatic nitrogens is 2. The zero-order chi connectivity index (χ0) is 15.5. The van der Waals surface area contributed by atoms with Crippen molar-refractivity contribution in [2.45, 2.75) is 0 Å². The van der Waals surface area contributed by atoms with E-state index in [2.05, 4.69) is 5.10 Å². The molecule has 2 N–H and O–H groups in total. The second-order valence-corrected chi connectivity index (χ2v) is 4.72. The molecular weight excluding hydrogens is 278 g/mol. The molecule has 110 valence electrons. The van der Waals surface area contributed by atoms with Gasteiger partial charge in [0.2, 0.25) is 0 Å². The number of ketones is 1. The second-order valence-electron chi connectivity index (χ2n) is 4.72. The van der Waals surface area contributed by atoms with Crippen molar-refractivity contribution in [3.63, 3.8) is 0 Å². The van der Waals surface area contributed by atoms with E-state index in [9.17, 15) is 4.79 Å². The summed E-state index contributed by atoms with van der Waals surface area (Å²) in [6, 6.07) is 16.4. The highest BCUT2D eigenvalue weighted by Crippen LogP contribution is 2.26. The first kappa shape index (κ1) is 13.9. The summed E-state index contributed by atoms with van der Waals surface area (Å²) in [4.78, 5) is 12.5. The minimum atomic E-state index is -0.153. The molecule has 0 spiro atoms. The fourth-order valence-corrected chi connectivity index (χ4v) is 2.27. The Kier molecular flexibility index (Phi) is 3.62. The lowest BCUT2D eigenvalue weighted by molar-refractivity contribution is 0.103. The SMILES string of the molecule is COc1ccccc1-n1ncc(C(=O)c2ccccc2)c1N. The highest BCUT2D eigenvalue weighted by atomic mass is 16.5. The lowest BCUT2D eigenvalue weighted by atomic mass is 10.1. The molecule has 1 heterocycles. The summed E-state index contributed by atoms with van der Waals surface area (Å²) in [5.74, 6) is 0.772. The van der Waals surface area contributed by atoms with E-state index < -0.39 is 0 Å². The number of nitrogen functional groups attached to an aromatic ring is 1. The maximum Gasteiger partial charge on any atom is 0.198 e. The minimum Gasteiger partial charge on any atom is -0.494 e. The van der Waals surface area contributed by atoms with Crippen LogP contribution in [-0.2, 0) is 0 Å². The number of anilines is 1. The van der Waals surface area contributed by atoms with Crippen molar-refractivity contribution in [3.8, 4) is 11.4 Å². The Balaban J connectivity index is 2.04. The quantitative estimate of drug-likeness (QED) is 0.751. The molecule has 0 aliphatic heterocycles. The summed E-state index contributed by atoms with van der Waals surface area (Å²) < 4.78 is 6.82. The van der Waals surface area contributed by atoms with Gasteiger partial charge in [0.25, 0.3) is 0 Å². The second kappa shape index (κ2) is 5.73. The average Bonchev–Trinajstić information content (AvgIpc) is 2.96. The maximum absolute atomic E-state index is 12.5. The number of ether oxygens (including phenoxy) is 1. The Morgan fingerprint density at radius 1 is 1.09 bits per heavy atom. The fourth-order valence-electron chi connectivity index (χ4n) is 2.27. The molecule has 0 aliphatic rings. The molecule has 0 aliphatic carbocycles. The number of benzene rings is 2. The Labute approximate surface area is 127 Å². The fraction of sp³-hybridized carbons (Fsp3) is 0.0588. The average molecular weight is 293 g/mol. The molecule has 5 nitrogen and oxygen atoms in total. The van der Waals surface area contributed by atoms with Gasteiger partial charge in [-0.1, -0.05) is 42.5 Å². The van der Waals surface area contributed by atoms with Crippen LogP contribution in [0.5, 0.6) is 5.75 Å². The van der Waals surface area contributed by atoms with Crippen LogP contribution in [0, 0.1) is 0 Å². The zero-order valence-electron chi connectivity index (χ0n) is 12.1. The number of rotatable bonds is 4. The molecule has 0 unspecified atom stereocenters. The summed E-state index contributed by atoms with van der Waals surface area (Å²) >= 11 is 0. The third-order valence-electron chi connectivity index (χ3n) is 3.40. The predicted octanol–water partition coefficient (Wildman–Crippen LogP) is 2.69. The lowest BCUT2D eigenvalue weighted by Crippen LogP contribution is -2.08. The Morgan fingerprint density at radius 3 is 2.50 bits per heavy atom. The number of hydrogen-bond donors (Lipinski definition) is 1. The maximum atomic E-state index is 12.5. The van der Waals surface area contributed by atoms with Gasteiger partial charge in [-0.2, -0.15) is 5.10 Å². The van der Waals surface area contributed by atoms with Crippen LogP contribution in [0.2, 0.25) is 0 Å². The molecule has 0 radical (unpaired) electrons. The van der Waals surface area contributed by atoms with Crippen molar-refractivity contribution >= 4 is 11.6 Å². The van der Waals surface area contributed by atoms with Gasteiger partial charge in [0.05, 0.1) is 18.9 Å². The number of methoxy groups -OCH3 is 1. The van der Waals surface area contributed by atoms with E-state index >= 15 is 0 Å². The largest absolute Gasteiger partial charge is 0.494 e. The monoisotopic (exact) mass is 293 g/mol. The van der Waals surface area contributed by atoms with Crippen molar-refractivity contribution in [2.24, 2.45) is 0 Å². The molecule has 0 saturated heterocycles. The van der Waals surface area contributed by atoms with Crippen LogP contribution in [0.15, 0.2) is 60.8 Å². The number of para-hydroxylation sites is 2. The van der Waals surface area contributed by atoms with Crippen LogP contribution in [0.3, 0.4) is 0 Å². The number of nitrogens with zero attached hydrogens (tertiary/aromatic N) is 2. The van der Waals surface area contributed by atoms with Crippen molar-refractivity contribution in [3.05, 3.63) is 71.9 Å². The standard InChI is InChI=1S/C17H15N3O2/c1-22-15-10-6-5-9-14(15)20-17(18)13(11-19-20)16(21)12-7-3-2-4-8-12/h2-11H,18H2,1H3. The molecule has 1 aromatic heterocycles. The van der Waals surface area contributed by atoms with E-state index in [1.165, 1.54) is 10.9 Å².